The SMILES string of the molecule is O=C(COC(=O)CNC(=O)c1ccc(C(F)(F)F)cc1)Nc1cc(Cl)ccc1F. The molecule has 0 aromatic heterocycles. The van der Waals surface area contributed by atoms with Crippen molar-refractivity contribution < 1.29 is 36.7 Å². The van der Waals surface area contributed by atoms with E-state index >= 15 is 0 Å². The predicted octanol–water partition coefficient (Wildman–Crippen LogP) is 3.41. The third kappa shape index (κ3) is 6.75. The van der Waals surface area contributed by atoms with Gasteiger partial charge in [0.25, 0.3) is 11.8 Å². The maximum Gasteiger partial charge on any atom is 0.416 e. The Morgan fingerprint density at radius 2 is 1.69 bits per heavy atom. The molecule has 2 amide bonds. The van der Waals surface area contributed by atoms with Crippen LogP contribution in [0.5, 0.6) is 0 Å². The minimum atomic E-state index is -4.53. The van der Waals surface area contributed by atoms with Crippen molar-refractivity contribution in [3.63, 3.8) is 0 Å². The number of esters is 1. The first-order chi connectivity index (χ1) is 13.6. The highest BCUT2D eigenvalue weighted by Gasteiger charge is 2.30. The molecular formula is C18H13ClF4N2O4. The van der Waals surface area contributed by atoms with E-state index in [0.717, 1.165) is 30.3 Å². The number of halogens is 5. The van der Waals surface area contributed by atoms with Crippen LogP contribution in [0, 0.1) is 5.82 Å². The zero-order chi connectivity index (χ0) is 21.6. The van der Waals surface area contributed by atoms with E-state index in [0.29, 0.717) is 0 Å². The Balaban J connectivity index is 1.78. The summed E-state index contributed by atoms with van der Waals surface area (Å²) < 4.78 is 55.6. The number of amides is 2. The lowest BCUT2D eigenvalue weighted by atomic mass is 10.1. The molecule has 2 aromatic rings. The van der Waals surface area contributed by atoms with Gasteiger partial charge in [-0.3, -0.25) is 14.4 Å². The molecule has 11 heteroatoms. The quantitative estimate of drug-likeness (QED) is 0.541. The molecule has 0 aliphatic rings. The van der Waals surface area contributed by atoms with Crippen LogP contribution in [0.3, 0.4) is 0 Å². The number of carbonyl (C=O) groups excluding carboxylic acids is 3. The predicted molar refractivity (Wildman–Crippen MR) is 94.8 cm³/mol. The van der Waals surface area contributed by atoms with Crippen LogP contribution in [0.25, 0.3) is 0 Å². The highest BCUT2D eigenvalue weighted by Crippen LogP contribution is 2.29. The van der Waals surface area contributed by atoms with Gasteiger partial charge < -0.3 is 15.4 Å². The number of anilines is 1. The monoisotopic (exact) mass is 432 g/mol. The Morgan fingerprint density at radius 3 is 2.31 bits per heavy atom. The molecule has 0 bridgehead atoms. The van der Waals surface area contributed by atoms with Crippen LogP contribution in [0.1, 0.15) is 15.9 Å². The van der Waals surface area contributed by atoms with Crippen molar-refractivity contribution in [2.24, 2.45) is 0 Å². The maximum absolute atomic E-state index is 13.5. The van der Waals surface area contributed by atoms with Crippen LogP contribution >= 0.6 is 11.6 Å². The summed E-state index contributed by atoms with van der Waals surface area (Å²) in [5, 5.41) is 4.49. The van der Waals surface area contributed by atoms with Gasteiger partial charge in [0, 0.05) is 10.6 Å². The minimum absolute atomic E-state index is 0.0972. The number of carbonyl (C=O) groups is 3. The first kappa shape index (κ1) is 22.2. The molecule has 0 atom stereocenters. The summed E-state index contributed by atoms with van der Waals surface area (Å²) in [5.74, 6) is -3.36. The number of rotatable bonds is 6. The molecule has 0 fully saturated rings. The van der Waals surface area contributed by atoms with E-state index in [9.17, 15) is 31.9 Å². The second-order valence-corrected chi connectivity index (χ2v) is 6.03. The smallest absolute Gasteiger partial charge is 0.416 e. The van der Waals surface area contributed by atoms with E-state index in [-0.39, 0.29) is 16.3 Å². The summed E-state index contributed by atoms with van der Waals surface area (Å²) >= 11 is 5.68. The number of benzene rings is 2. The van der Waals surface area contributed by atoms with E-state index in [2.05, 4.69) is 15.4 Å². The second-order valence-electron chi connectivity index (χ2n) is 5.59. The maximum atomic E-state index is 13.5. The van der Waals surface area contributed by atoms with E-state index in [1.54, 1.807) is 0 Å². The molecule has 0 saturated carbocycles. The molecular weight excluding hydrogens is 420 g/mol. The van der Waals surface area contributed by atoms with Gasteiger partial charge in [-0.05, 0) is 42.5 Å². The molecule has 6 nitrogen and oxygen atoms in total. The third-order valence-corrected chi connectivity index (χ3v) is 3.67. The molecule has 0 saturated heterocycles. The Labute approximate surface area is 166 Å². The molecule has 0 unspecified atom stereocenters. The van der Waals surface area contributed by atoms with Gasteiger partial charge in [-0.1, -0.05) is 11.6 Å². The van der Waals surface area contributed by atoms with Crippen LogP contribution < -0.4 is 10.6 Å². The number of nitrogens with one attached hydrogen (secondary N) is 2. The first-order valence-corrected chi connectivity index (χ1v) is 8.30. The Hall–Kier alpha value is -3.14. The highest BCUT2D eigenvalue weighted by molar-refractivity contribution is 6.30. The molecule has 2 N–H and O–H groups in total. The van der Waals surface area contributed by atoms with Crippen LogP contribution in [-0.2, 0) is 20.5 Å². The van der Waals surface area contributed by atoms with Crippen molar-refractivity contribution in [1.29, 1.82) is 0 Å². The van der Waals surface area contributed by atoms with Crippen LogP contribution in [0.15, 0.2) is 42.5 Å². The fraction of sp³-hybridized carbons (Fsp3) is 0.167. The molecule has 29 heavy (non-hydrogen) atoms. The van der Waals surface area contributed by atoms with Crippen molar-refractivity contribution in [2.75, 3.05) is 18.5 Å². The van der Waals surface area contributed by atoms with Gasteiger partial charge in [0.1, 0.15) is 12.4 Å². The Bertz CT molecular complexity index is 917. The summed E-state index contributed by atoms with van der Waals surface area (Å²) in [6, 6.07) is 6.86. The first-order valence-electron chi connectivity index (χ1n) is 7.92. The summed E-state index contributed by atoms with van der Waals surface area (Å²) in [6.07, 6.45) is -4.53. The summed E-state index contributed by atoms with van der Waals surface area (Å²) in [6.45, 7) is -1.38. The largest absolute Gasteiger partial charge is 0.454 e. The topological polar surface area (TPSA) is 84.5 Å². The van der Waals surface area contributed by atoms with E-state index in [4.69, 9.17) is 11.6 Å². The van der Waals surface area contributed by atoms with E-state index in [1.165, 1.54) is 12.1 Å². The minimum Gasteiger partial charge on any atom is -0.454 e. The third-order valence-electron chi connectivity index (χ3n) is 3.43. The zero-order valence-corrected chi connectivity index (χ0v) is 15.2. The molecule has 0 aliphatic carbocycles. The molecule has 0 radical (unpaired) electrons. The van der Waals surface area contributed by atoms with E-state index < -0.39 is 48.5 Å². The van der Waals surface area contributed by atoms with Gasteiger partial charge >= 0.3 is 12.1 Å². The van der Waals surface area contributed by atoms with Gasteiger partial charge in [-0.25, -0.2) is 4.39 Å². The van der Waals surface area contributed by atoms with Crippen LogP contribution in [-0.4, -0.2) is 30.9 Å². The molecule has 0 aliphatic heterocycles. The van der Waals surface area contributed by atoms with Crippen molar-refractivity contribution >= 4 is 35.1 Å². The van der Waals surface area contributed by atoms with Gasteiger partial charge in [-0.15, -0.1) is 0 Å². The average molecular weight is 433 g/mol. The second kappa shape index (κ2) is 9.37. The highest BCUT2D eigenvalue weighted by atomic mass is 35.5. The average Bonchev–Trinajstić information content (AvgIpc) is 2.66. The lowest BCUT2D eigenvalue weighted by Gasteiger charge is -2.09. The van der Waals surface area contributed by atoms with Crippen molar-refractivity contribution in [2.45, 2.75) is 6.18 Å². The zero-order valence-electron chi connectivity index (χ0n) is 14.5. The number of alkyl halides is 3. The van der Waals surface area contributed by atoms with Gasteiger partial charge in [0.2, 0.25) is 0 Å². The van der Waals surface area contributed by atoms with Crippen LogP contribution in [0.4, 0.5) is 23.2 Å². The van der Waals surface area contributed by atoms with Crippen LogP contribution in [0.2, 0.25) is 5.02 Å². The van der Waals surface area contributed by atoms with E-state index in [1.807, 2.05) is 0 Å². The summed E-state index contributed by atoms with van der Waals surface area (Å²) in [7, 11) is 0. The van der Waals surface area contributed by atoms with Crippen molar-refractivity contribution in [3.8, 4) is 0 Å². The fourth-order valence-electron chi connectivity index (χ4n) is 2.04. The number of hydrogen-bond donors (Lipinski definition) is 2. The molecule has 2 aromatic carbocycles. The van der Waals surface area contributed by atoms with Crippen molar-refractivity contribution in [3.05, 3.63) is 64.4 Å². The Morgan fingerprint density at radius 1 is 1.03 bits per heavy atom. The molecule has 0 heterocycles. The standard InChI is InChI=1S/C18H13ClF4N2O4/c19-12-5-6-13(20)14(7-12)25-15(26)9-29-16(27)8-24-17(28)10-1-3-11(4-2-10)18(21,22)23/h1-7H,8-9H2,(H,24,28)(H,25,26). The fourth-order valence-corrected chi connectivity index (χ4v) is 2.21. The number of hydrogen-bond acceptors (Lipinski definition) is 4. The molecule has 2 rings (SSSR count). The van der Waals surface area contributed by atoms with Gasteiger partial charge in [0.05, 0.1) is 11.3 Å². The van der Waals surface area contributed by atoms with Crippen molar-refractivity contribution in [1.82, 2.24) is 5.32 Å². The van der Waals surface area contributed by atoms with Gasteiger partial charge in [0.15, 0.2) is 6.61 Å². The normalized spacial score (nSPS) is 10.9. The summed E-state index contributed by atoms with van der Waals surface area (Å²) in [4.78, 5) is 35.1. The molecule has 0 spiro atoms. The molecule has 154 valence electrons. The summed E-state index contributed by atoms with van der Waals surface area (Å²) in [5.41, 5.74) is -1.22. The van der Waals surface area contributed by atoms with Gasteiger partial charge in [-0.2, -0.15) is 13.2 Å². The lowest BCUT2D eigenvalue weighted by molar-refractivity contribution is -0.146. The Kier molecular flexibility index (Phi) is 7.16. The lowest BCUT2D eigenvalue weighted by Crippen LogP contribution is -2.32. The number of ether oxygens (including phenoxy) is 1.